The third-order valence-corrected chi connectivity index (χ3v) is 3.62. The van der Waals surface area contributed by atoms with Crippen molar-refractivity contribution in [2.75, 3.05) is 5.32 Å². The molecule has 0 aliphatic carbocycles. The first-order chi connectivity index (χ1) is 8.59. The summed E-state index contributed by atoms with van der Waals surface area (Å²) < 4.78 is 13.7. The summed E-state index contributed by atoms with van der Waals surface area (Å²) in [4.78, 5) is 4.25. The summed E-state index contributed by atoms with van der Waals surface area (Å²) in [5.41, 5.74) is 6.38. The van der Waals surface area contributed by atoms with Crippen LogP contribution in [-0.2, 0) is 0 Å². The highest BCUT2D eigenvalue weighted by Gasteiger charge is 2.14. The molecular formula is C12H12FN3S2. The zero-order valence-electron chi connectivity index (χ0n) is 9.68. The minimum Gasteiger partial charge on any atom is -0.389 e. The molecule has 0 aliphatic heterocycles. The summed E-state index contributed by atoms with van der Waals surface area (Å²) in [7, 11) is 0. The number of aromatic nitrogens is 1. The van der Waals surface area contributed by atoms with Crippen molar-refractivity contribution < 1.29 is 4.39 Å². The smallest absolute Gasteiger partial charge is 0.135 e. The Morgan fingerprint density at radius 1 is 1.56 bits per heavy atom. The molecule has 3 N–H and O–H groups in total. The van der Waals surface area contributed by atoms with Crippen LogP contribution in [0.4, 0.5) is 10.1 Å². The van der Waals surface area contributed by atoms with Crippen molar-refractivity contribution in [3.63, 3.8) is 0 Å². The number of halogens is 1. The minimum absolute atomic E-state index is 0.0279. The minimum atomic E-state index is -0.418. The first-order valence-corrected chi connectivity index (χ1v) is 6.62. The number of nitrogens with two attached hydrogens (primary N) is 1. The average Bonchev–Trinajstić information content (AvgIpc) is 2.81. The van der Waals surface area contributed by atoms with Crippen molar-refractivity contribution >= 4 is 34.2 Å². The Kier molecular flexibility index (Phi) is 3.88. The Labute approximate surface area is 114 Å². The van der Waals surface area contributed by atoms with Crippen LogP contribution >= 0.6 is 23.6 Å². The van der Waals surface area contributed by atoms with Gasteiger partial charge in [0.1, 0.15) is 15.8 Å². The topological polar surface area (TPSA) is 50.9 Å². The van der Waals surface area contributed by atoms with Crippen molar-refractivity contribution in [2.45, 2.75) is 13.0 Å². The summed E-state index contributed by atoms with van der Waals surface area (Å²) in [5, 5.41) is 6.00. The van der Waals surface area contributed by atoms with Gasteiger partial charge in [0.2, 0.25) is 0 Å². The fourth-order valence-electron chi connectivity index (χ4n) is 1.64. The van der Waals surface area contributed by atoms with Gasteiger partial charge in [-0.25, -0.2) is 9.37 Å². The van der Waals surface area contributed by atoms with Crippen molar-refractivity contribution in [3.8, 4) is 0 Å². The van der Waals surface area contributed by atoms with Gasteiger partial charge in [-0.05, 0) is 19.1 Å². The highest BCUT2D eigenvalue weighted by molar-refractivity contribution is 7.80. The second-order valence-electron chi connectivity index (χ2n) is 3.76. The second kappa shape index (κ2) is 5.41. The molecule has 1 atom stereocenters. The lowest BCUT2D eigenvalue weighted by Crippen LogP contribution is -2.16. The number of hydrogen-bond donors (Lipinski definition) is 2. The van der Waals surface area contributed by atoms with E-state index >= 15 is 0 Å². The van der Waals surface area contributed by atoms with E-state index < -0.39 is 5.82 Å². The number of anilines is 1. The fraction of sp³-hybridized carbons (Fsp3) is 0.167. The van der Waals surface area contributed by atoms with E-state index in [-0.39, 0.29) is 16.6 Å². The van der Waals surface area contributed by atoms with E-state index in [1.54, 1.807) is 18.3 Å². The molecule has 94 valence electrons. The maximum atomic E-state index is 13.7. The molecule has 0 amide bonds. The van der Waals surface area contributed by atoms with Crippen LogP contribution in [0.2, 0.25) is 0 Å². The Bertz CT molecular complexity index is 554. The van der Waals surface area contributed by atoms with E-state index in [0.29, 0.717) is 5.69 Å². The van der Waals surface area contributed by atoms with Gasteiger partial charge in [0.25, 0.3) is 0 Å². The van der Waals surface area contributed by atoms with Gasteiger partial charge in [0, 0.05) is 17.3 Å². The van der Waals surface area contributed by atoms with Crippen molar-refractivity contribution in [1.82, 2.24) is 4.98 Å². The zero-order chi connectivity index (χ0) is 13.1. The molecule has 0 saturated carbocycles. The van der Waals surface area contributed by atoms with Crippen LogP contribution in [0.5, 0.6) is 0 Å². The average molecular weight is 281 g/mol. The van der Waals surface area contributed by atoms with Crippen LogP contribution < -0.4 is 11.1 Å². The maximum Gasteiger partial charge on any atom is 0.135 e. The van der Waals surface area contributed by atoms with E-state index in [1.165, 1.54) is 17.4 Å². The van der Waals surface area contributed by atoms with Crippen LogP contribution in [0.25, 0.3) is 0 Å². The van der Waals surface area contributed by atoms with E-state index in [1.807, 2.05) is 12.3 Å². The molecule has 0 bridgehead atoms. The number of nitrogens with one attached hydrogen (secondary N) is 1. The molecule has 0 aliphatic rings. The molecule has 6 heteroatoms. The number of nitrogens with zero attached hydrogens (tertiary/aromatic N) is 1. The summed E-state index contributed by atoms with van der Waals surface area (Å²) in [6.07, 6.45) is 1.73. The lowest BCUT2D eigenvalue weighted by atomic mass is 10.1. The fourth-order valence-corrected chi connectivity index (χ4v) is 2.49. The van der Waals surface area contributed by atoms with Gasteiger partial charge < -0.3 is 11.1 Å². The Morgan fingerprint density at radius 3 is 2.94 bits per heavy atom. The van der Waals surface area contributed by atoms with Gasteiger partial charge in [0.15, 0.2) is 0 Å². The van der Waals surface area contributed by atoms with E-state index in [9.17, 15) is 4.39 Å². The molecule has 0 radical (unpaired) electrons. The number of hydrogen-bond acceptors (Lipinski definition) is 4. The predicted molar refractivity (Wildman–Crippen MR) is 76.4 cm³/mol. The summed E-state index contributed by atoms with van der Waals surface area (Å²) >= 11 is 6.41. The van der Waals surface area contributed by atoms with E-state index in [0.717, 1.165) is 5.01 Å². The third kappa shape index (κ3) is 2.65. The second-order valence-corrected chi connectivity index (χ2v) is 5.13. The summed E-state index contributed by atoms with van der Waals surface area (Å²) in [6.45, 7) is 1.95. The Hall–Kier alpha value is -1.53. The lowest BCUT2D eigenvalue weighted by molar-refractivity contribution is 0.625. The zero-order valence-corrected chi connectivity index (χ0v) is 11.3. The van der Waals surface area contributed by atoms with Crippen molar-refractivity contribution in [2.24, 2.45) is 5.73 Å². The molecule has 0 saturated heterocycles. The largest absolute Gasteiger partial charge is 0.389 e. The first-order valence-electron chi connectivity index (χ1n) is 5.34. The van der Waals surface area contributed by atoms with Crippen LogP contribution in [-0.4, -0.2) is 9.97 Å². The van der Waals surface area contributed by atoms with E-state index in [2.05, 4.69) is 10.3 Å². The van der Waals surface area contributed by atoms with Crippen molar-refractivity contribution in [1.29, 1.82) is 0 Å². The first kappa shape index (κ1) is 12.9. The quantitative estimate of drug-likeness (QED) is 0.846. The van der Waals surface area contributed by atoms with Gasteiger partial charge in [-0.3, -0.25) is 0 Å². The molecule has 3 nitrogen and oxygen atoms in total. The van der Waals surface area contributed by atoms with Crippen LogP contribution in [0, 0.1) is 5.82 Å². The predicted octanol–water partition coefficient (Wildman–Crippen LogP) is 3.09. The van der Waals surface area contributed by atoms with Gasteiger partial charge in [0.05, 0.1) is 11.6 Å². The lowest BCUT2D eigenvalue weighted by Gasteiger charge is -2.16. The molecule has 2 rings (SSSR count). The molecule has 0 fully saturated rings. The SMILES string of the molecule is CC(Nc1cccc(F)c1C(N)=S)c1nccs1. The summed E-state index contributed by atoms with van der Waals surface area (Å²) in [6, 6.07) is 4.68. The molecule has 2 aromatic rings. The highest BCUT2D eigenvalue weighted by Crippen LogP contribution is 2.25. The van der Waals surface area contributed by atoms with E-state index in [4.69, 9.17) is 18.0 Å². The highest BCUT2D eigenvalue weighted by atomic mass is 32.1. The van der Waals surface area contributed by atoms with Crippen LogP contribution in [0.15, 0.2) is 29.8 Å². The van der Waals surface area contributed by atoms with Gasteiger partial charge in [-0.15, -0.1) is 11.3 Å². The molecule has 1 aromatic carbocycles. The number of thiocarbonyl (C=S) groups is 1. The van der Waals surface area contributed by atoms with Crippen LogP contribution in [0.3, 0.4) is 0 Å². The molecule has 0 spiro atoms. The third-order valence-electron chi connectivity index (χ3n) is 2.45. The summed E-state index contributed by atoms with van der Waals surface area (Å²) in [5.74, 6) is -0.418. The molecule has 18 heavy (non-hydrogen) atoms. The van der Waals surface area contributed by atoms with Gasteiger partial charge in [-0.2, -0.15) is 0 Å². The Morgan fingerprint density at radius 2 is 2.33 bits per heavy atom. The van der Waals surface area contributed by atoms with Gasteiger partial charge >= 0.3 is 0 Å². The molecular weight excluding hydrogens is 269 g/mol. The maximum absolute atomic E-state index is 13.7. The normalized spacial score (nSPS) is 12.1. The van der Waals surface area contributed by atoms with Crippen molar-refractivity contribution in [3.05, 3.63) is 46.2 Å². The Balaban J connectivity index is 2.29. The molecule has 1 aromatic heterocycles. The number of benzene rings is 1. The standard InChI is InChI=1S/C12H12FN3S2/c1-7(12-15-5-6-18-12)16-9-4-2-3-8(13)10(9)11(14)17/h2-7,16H,1H3,(H2,14,17). The molecule has 1 unspecified atom stereocenters. The number of thiazole rings is 1. The monoisotopic (exact) mass is 281 g/mol. The number of rotatable bonds is 4. The molecule has 1 heterocycles. The van der Waals surface area contributed by atoms with Gasteiger partial charge in [-0.1, -0.05) is 18.3 Å². The van der Waals surface area contributed by atoms with Crippen LogP contribution in [0.1, 0.15) is 23.5 Å².